The Labute approximate surface area is 120 Å². The van der Waals surface area contributed by atoms with Crippen molar-refractivity contribution in [1.29, 1.82) is 0 Å². The van der Waals surface area contributed by atoms with Crippen LogP contribution < -0.4 is 5.73 Å². The van der Waals surface area contributed by atoms with Crippen LogP contribution in [0.3, 0.4) is 0 Å². The minimum Gasteiger partial charge on any atom is -0.326 e. The molecular formula is C17H21N3. The Balaban J connectivity index is 1.89. The molecule has 20 heavy (non-hydrogen) atoms. The Hall–Kier alpha value is -1.74. The molecule has 0 saturated heterocycles. The summed E-state index contributed by atoms with van der Waals surface area (Å²) in [6.07, 6.45) is 8.44. The summed E-state index contributed by atoms with van der Waals surface area (Å²) in [4.78, 5) is 9.22. The van der Waals surface area contributed by atoms with Gasteiger partial charge in [-0.1, -0.05) is 37.5 Å². The fourth-order valence-corrected chi connectivity index (χ4v) is 2.97. The van der Waals surface area contributed by atoms with E-state index in [-0.39, 0.29) is 0 Å². The van der Waals surface area contributed by atoms with Crippen LogP contribution in [0.4, 0.5) is 0 Å². The molecule has 3 heteroatoms. The van der Waals surface area contributed by atoms with Crippen molar-refractivity contribution in [3.05, 3.63) is 47.8 Å². The van der Waals surface area contributed by atoms with Gasteiger partial charge < -0.3 is 5.73 Å². The summed E-state index contributed by atoms with van der Waals surface area (Å²) in [7, 11) is 0. The molecule has 3 nitrogen and oxygen atoms in total. The summed E-state index contributed by atoms with van der Waals surface area (Å²) < 4.78 is 0. The number of benzene rings is 1. The second-order valence-corrected chi connectivity index (χ2v) is 5.54. The maximum absolute atomic E-state index is 5.70. The SMILES string of the molecule is NCc1cccc(-c2nccc(C3CCCCC3)n2)c1. The first-order valence-corrected chi connectivity index (χ1v) is 7.49. The van der Waals surface area contributed by atoms with Gasteiger partial charge in [0.15, 0.2) is 5.82 Å². The Morgan fingerprint density at radius 3 is 2.75 bits per heavy atom. The molecule has 0 radical (unpaired) electrons. The number of rotatable bonds is 3. The molecule has 2 N–H and O–H groups in total. The zero-order valence-electron chi connectivity index (χ0n) is 11.8. The van der Waals surface area contributed by atoms with Crippen LogP contribution in [0.1, 0.15) is 49.3 Å². The summed E-state index contributed by atoms with van der Waals surface area (Å²) in [6, 6.07) is 10.3. The molecule has 1 aliphatic carbocycles. The molecule has 0 aliphatic heterocycles. The second kappa shape index (κ2) is 6.14. The Morgan fingerprint density at radius 1 is 1.10 bits per heavy atom. The normalized spacial score (nSPS) is 16.2. The van der Waals surface area contributed by atoms with Crippen LogP contribution in [0, 0.1) is 0 Å². The highest BCUT2D eigenvalue weighted by molar-refractivity contribution is 5.56. The molecule has 1 aliphatic rings. The molecule has 1 aromatic carbocycles. The zero-order valence-corrected chi connectivity index (χ0v) is 11.8. The van der Waals surface area contributed by atoms with Gasteiger partial charge in [-0.25, -0.2) is 9.97 Å². The summed E-state index contributed by atoms with van der Waals surface area (Å²) in [5.74, 6) is 1.44. The second-order valence-electron chi connectivity index (χ2n) is 5.54. The molecule has 2 aromatic rings. The van der Waals surface area contributed by atoms with Crippen LogP contribution in [-0.2, 0) is 6.54 Å². The molecule has 0 spiro atoms. The third-order valence-corrected chi connectivity index (χ3v) is 4.12. The topological polar surface area (TPSA) is 51.8 Å². The molecule has 0 amide bonds. The van der Waals surface area contributed by atoms with Crippen LogP contribution in [0.25, 0.3) is 11.4 Å². The van der Waals surface area contributed by atoms with Crippen molar-refractivity contribution >= 4 is 0 Å². The average molecular weight is 267 g/mol. The minimum atomic E-state index is 0.552. The first-order chi connectivity index (χ1) is 9.86. The van der Waals surface area contributed by atoms with Crippen LogP contribution in [0.2, 0.25) is 0 Å². The largest absolute Gasteiger partial charge is 0.326 e. The third-order valence-electron chi connectivity index (χ3n) is 4.12. The maximum atomic E-state index is 5.70. The highest BCUT2D eigenvalue weighted by atomic mass is 14.9. The van der Waals surface area contributed by atoms with E-state index in [2.05, 4.69) is 23.2 Å². The lowest BCUT2D eigenvalue weighted by Crippen LogP contribution is -2.07. The van der Waals surface area contributed by atoms with Gasteiger partial charge in [-0.3, -0.25) is 0 Å². The van der Waals surface area contributed by atoms with Crippen LogP contribution >= 0.6 is 0 Å². The maximum Gasteiger partial charge on any atom is 0.159 e. The quantitative estimate of drug-likeness (QED) is 0.923. The van der Waals surface area contributed by atoms with Crippen LogP contribution in [0.15, 0.2) is 36.5 Å². The first-order valence-electron chi connectivity index (χ1n) is 7.49. The van der Waals surface area contributed by atoms with Crippen LogP contribution in [-0.4, -0.2) is 9.97 Å². The number of aromatic nitrogens is 2. The van der Waals surface area contributed by atoms with E-state index in [9.17, 15) is 0 Å². The number of hydrogen-bond donors (Lipinski definition) is 1. The third kappa shape index (κ3) is 2.88. The van der Waals surface area contributed by atoms with Crippen molar-refractivity contribution < 1.29 is 0 Å². The fourth-order valence-electron chi connectivity index (χ4n) is 2.97. The molecule has 1 heterocycles. The summed E-state index contributed by atoms with van der Waals surface area (Å²) in [5.41, 5.74) is 9.08. The highest BCUT2D eigenvalue weighted by Gasteiger charge is 2.17. The molecule has 3 rings (SSSR count). The number of hydrogen-bond acceptors (Lipinski definition) is 3. The predicted octanol–water partition coefficient (Wildman–Crippen LogP) is 3.65. The molecule has 1 aromatic heterocycles. The van der Waals surface area contributed by atoms with E-state index >= 15 is 0 Å². The summed E-state index contributed by atoms with van der Waals surface area (Å²) in [5, 5.41) is 0. The van der Waals surface area contributed by atoms with Gasteiger partial charge in [0.05, 0.1) is 0 Å². The van der Waals surface area contributed by atoms with Gasteiger partial charge >= 0.3 is 0 Å². The van der Waals surface area contributed by atoms with E-state index in [1.54, 1.807) is 0 Å². The van der Waals surface area contributed by atoms with Gasteiger partial charge in [-0.05, 0) is 30.5 Å². The van der Waals surface area contributed by atoms with E-state index in [1.807, 2.05) is 18.3 Å². The molecule has 1 fully saturated rings. The van der Waals surface area contributed by atoms with E-state index in [4.69, 9.17) is 10.7 Å². The minimum absolute atomic E-state index is 0.552. The first kappa shape index (κ1) is 13.3. The fraction of sp³-hybridized carbons (Fsp3) is 0.412. The van der Waals surface area contributed by atoms with Crippen molar-refractivity contribution in [2.45, 2.75) is 44.6 Å². The molecular weight excluding hydrogens is 246 g/mol. The highest BCUT2D eigenvalue weighted by Crippen LogP contribution is 2.32. The van der Waals surface area contributed by atoms with Crippen molar-refractivity contribution in [3.8, 4) is 11.4 Å². The molecule has 0 unspecified atom stereocenters. The molecule has 1 saturated carbocycles. The van der Waals surface area contributed by atoms with Crippen molar-refractivity contribution in [2.24, 2.45) is 5.73 Å². The number of nitrogens with zero attached hydrogens (tertiary/aromatic N) is 2. The Morgan fingerprint density at radius 2 is 1.95 bits per heavy atom. The van der Waals surface area contributed by atoms with Gasteiger partial charge in [0.1, 0.15) is 0 Å². The lowest BCUT2D eigenvalue weighted by molar-refractivity contribution is 0.436. The van der Waals surface area contributed by atoms with Gasteiger partial charge in [-0.15, -0.1) is 0 Å². The monoisotopic (exact) mass is 267 g/mol. The van der Waals surface area contributed by atoms with Gasteiger partial charge in [0.25, 0.3) is 0 Å². The van der Waals surface area contributed by atoms with E-state index in [0.29, 0.717) is 12.5 Å². The molecule has 0 bridgehead atoms. The van der Waals surface area contributed by atoms with Crippen molar-refractivity contribution in [2.75, 3.05) is 0 Å². The van der Waals surface area contributed by atoms with Crippen molar-refractivity contribution in [3.63, 3.8) is 0 Å². The lowest BCUT2D eigenvalue weighted by atomic mass is 9.87. The predicted molar refractivity (Wildman–Crippen MR) is 81.2 cm³/mol. The lowest BCUT2D eigenvalue weighted by Gasteiger charge is -2.21. The van der Waals surface area contributed by atoms with Gasteiger partial charge in [0.2, 0.25) is 0 Å². The Bertz CT molecular complexity index is 574. The van der Waals surface area contributed by atoms with E-state index in [1.165, 1.54) is 37.8 Å². The standard InChI is InChI=1S/C17H21N3/c18-12-13-5-4-8-15(11-13)17-19-10-9-16(20-17)14-6-2-1-3-7-14/h4-5,8-11,14H,1-3,6-7,12,18H2. The summed E-state index contributed by atoms with van der Waals surface area (Å²) >= 11 is 0. The Kier molecular flexibility index (Phi) is 4.07. The smallest absolute Gasteiger partial charge is 0.159 e. The zero-order chi connectivity index (χ0) is 13.8. The van der Waals surface area contributed by atoms with Gasteiger partial charge in [0, 0.05) is 29.9 Å². The molecule has 0 atom stereocenters. The number of nitrogens with two attached hydrogens (primary N) is 1. The van der Waals surface area contributed by atoms with Gasteiger partial charge in [-0.2, -0.15) is 0 Å². The molecule has 104 valence electrons. The van der Waals surface area contributed by atoms with E-state index < -0.39 is 0 Å². The summed E-state index contributed by atoms with van der Waals surface area (Å²) in [6.45, 7) is 0.552. The van der Waals surface area contributed by atoms with Crippen molar-refractivity contribution in [1.82, 2.24) is 9.97 Å². The van der Waals surface area contributed by atoms with E-state index in [0.717, 1.165) is 17.0 Å². The average Bonchev–Trinajstić information content (AvgIpc) is 2.56. The van der Waals surface area contributed by atoms with Crippen LogP contribution in [0.5, 0.6) is 0 Å².